The first-order chi connectivity index (χ1) is 6.88. The Morgan fingerprint density at radius 2 is 2.20 bits per heavy atom. The van der Waals surface area contributed by atoms with Crippen LogP contribution in [0.15, 0.2) is 21.2 Å². The molecular formula is C7H9BrN2O4S. The Kier molecular flexibility index (Phi) is 3.89. The van der Waals surface area contributed by atoms with E-state index in [4.69, 9.17) is 9.56 Å². The van der Waals surface area contributed by atoms with Gasteiger partial charge in [0, 0.05) is 6.54 Å². The molecule has 1 rings (SSSR count). The van der Waals surface area contributed by atoms with Gasteiger partial charge in [-0.3, -0.25) is 4.79 Å². The van der Waals surface area contributed by atoms with Crippen molar-refractivity contribution in [2.24, 2.45) is 5.14 Å². The van der Waals surface area contributed by atoms with Crippen molar-refractivity contribution in [3.8, 4) is 0 Å². The second-order valence-corrected chi connectivity index (χ2v) is 5.24. The molecule has 84 valence electrons. The second kappa shape index (κ2) is 4.77. The summed E-state index contributed by atoms with van der Waals surface area (Å²) in [7, 11) is -3.55. The van der Waals surface area contributed by atoms with Crippen molar-refractivity contribution < 1.29 is 17.6 Å². The maximum absolute atomic E-state index is 11.3. The van der Waals surface area contributed by atoms with Gasteiger partial charge >= 0.3 is 0 Å². The van der Waals surface area contributed by atoms with E-state index in [1.807, 2.05) is 0 Å². The highest BCUT2D eigenvalue weighted by atomic mass is 79.9. The Balaban J connectivity index is 2.44. The van der Waals surface area contributed by atoms with Crippen molar-refractivity contribution in [1.82, 2.24) is 5.32 Å². The summed E-state index contributed by atoms with van der Waals surface area (Å²) in [6.45, 7) is -0.0456. The Morgan fingerprint density at radius 1 is 1.53 bits per heavy atom. The summed E-state index contributed by atoms with van der Waals surface area (Å²) in [5, 5.41) is 7.11. The fraction of sp³-hybridized carbons (Fsp3) is 0.286. The average molecular weight is 297 g/mol. The Bertz CT molecular complexity index is 453. The van der Waals surface area contributed by atoms with E-state index in [-0.39, 0.29) is 18.1 Å². The van der Waals surface area contributed by atoms with Gasteiger partial charge in [0.15, 0.2) is 10.4 Å². The highest BCUT2D eigenvalue weighted by Crippen LogP contribution is 2.13. The second-order valence-electron chi connectivity index (χ2n) is 2.73. The number of primary sulfonamides is 1. The number of furan rings is 1. The van der Waals surface area contributed by atoms with Crippen LogP contribution in [0.4, 0.5) is 0 Å². The molecule has 0 unspecified atom stereocenters. The van der Waals surface area contributed by atoms with Crippen LogP contribution in [0.5, 0.6) is 0 Å². The van der Waals surface area contributed by atoms with Crippen LogP contribution in [-0.2, 0) is 10.0 Å². The quantitative estimate of drug-likeness (QED) is 0.820. The lowest BCUT2D eigenvalue weighted by Crippen LogP contribution is -2.31. The molecule has 0 saturated heterocycles. The number of halogens is 1. The monoisotopic (exact) mass is 296 g/mol. The molecule has 0 bridgehead atoms. The molecule has 0 aliphatic rings. The maximum atomic E-state index is 11.3. The summed E-state index contributed by atoms with van der Waals surface area (Å²) in [5.41, 5.74) is 0. The minimum atomic E-state index is -3.55. The molecule has 8 heteroatoms. The molecule has 0 aliphatic heterocycles. The smallest absolute Gasteiger partial charge is 0.287 e. The zero-order chi connectivity index (χ0) is 11.5. The molecule has 0 spiro atoms. The van der Waals surface area contributed by atoms with Crippen molar-refractivity contribution in [1.29, 1.82) is 0 Å². The van der Waals surface area contributed by atoms with Gasteiger partial charge in [0.2, 0.25) is 10.0 Å². The van der Waals surface area contributed by atoms with Crippen LogP contribution in [-0.4, -0.2) is 26.6 Å². The van der Waals surface area contributed by atoms with Crippen molar-refractivity contribution in [2.75, 3.05) is 12.3 Å². The number of nitrogens with two attached hydrogens (primary N) is 1. The van der Waals surface area contributed by atoms with E-state index in [1.165, 1.54) is 6.07 Å². The normalized spacial score (nSPS) is 11.3. The molecule has 0 atom stereocenters. The average Bonchev–Trinajstić information content (AvgIpc) is 2.49. The van der Waals surface area contributed by atoms with E-state index in [9.17, 15) is 13.2 Å². The van der Waals surface area contributed by atoms with E-state index >= 15 is 0 Å². The number of hydrogen-bond donors (Lipinski definition) is 2. The van der Waals surface area contributed by atoms with Gasteiger partial charge in [-0.1, -0.05) is 0 Å². The lowest BCUT2D eigenvalue weighted by Gasteiger charge is -2.00. The minimum absolute atomic E-state index is 0.0456. The summed E-state index contributed by atoms with van der Waals surface area (Å²) < 4.78 is 26.5. The molecule has 0 fully saturated rings. The van der Waals surface area contributed by atoms with Crippen molar-refractivity contribution >= 4 is 31.9 Å². The largest absolute Gasteiger partial charge is 0.444 e. The molecule has 0 aromatic carbocycles. The predicted octanol–water partition coefficient (Wildman–Crippen LogP) is 0.0604. The van der Waals surface area contributed by atoms with Gasteiger partial charge in [-0.05, 0) is 28.1 Å². The molecule has 3 N–H and O–H groups in total. The highest BCUT2D eigenvalue weighted by Gasteiger charge is 2.10. The van der Waals surface area contributed by atoms with Gasteiger partial charge in [0.05, 0.1) is 5.75 Å². The molecule has 1 aromatic heterocycles. The number of carbonyl (C=O) groups is 1. The fourth-order valence-corrected chi connectivity index (χ4v) is 1.52. The summed E-state index contributed by atoms with van der Waals surface area (Å²) in [6, 6.07) is 3.03. The predicted molar refractivity (Wildman–Crippen MR) is 56.7 cm³/mol. The first-order valence-corrected chi connectivity index (χ1v) is 6.43. The minimum Gasteiger partial charge on any atom is -0.444 e. The molecule has 6 nitrogen and oxygen atoms in total. The van der Waals surface area contributed by atoms with Crippen LogP contribution in [0.2, 0.25) is 0 Å². The number of nitrogens with one attached hydrogen (secondary N) is 1. The summed E-state index contributed by atoms with van der Waals surface area (Å²) in [4.78, 5) is 11.3. The first-order valence-electron chi connectivity index (χ1n) is 3.92. The lowest BCUT2D eigenvalue weighted by molar-refractivity contribution is 0.0927. The Morgan fingerprint density at radius 3 is 2.67 bits per heavy atom. The van der Waals surface area contributed by atoms with Crippen molar-refractivity contribution in [2.45, 2.75) is 0 Å². The number of rotatable bonds is 4. The van der Waals surface area contributed by atoms with E-state index in [0.29, 0.717) is 4.67 Å². The third kappa shape index (κ3) is 4.45. The van der Waals surface area contributed by atoms with E-state index in [2.05, 4.69) is 21.2 Å². The van der Waals surface area contributed by atoms with Crippen LogP contribution >= 0.6 is 15.9 Å². The third-order valence-corrected chi connectivity index (χ3v) is 2.67. The van der Waals surface area contributed by atoms with Crippen molar-refractivity contribution in [3.63, 3.8) is 0 Å². The van der Waals surface area contributed by atoms with Gasteiger partial charge in [0.25, 0.3) is 5.91 Å². The van der Waals surface area contributed by atoms with Crippen molar-refractivity contribution in [3.05, 3.63) is 22.6 Å². The summed E-state index contributed by atoms with van der Waals surface area (Å²) in [6.07, 6.45) is 0. The molecule has 0 radical (unpaired) electrons. The van der Waals surface area contributed by atoms with E-state index in [1.54, 1.807) is 6.07 Å². The van der Waals surface area contributed by atoms with Gasteiger partial charge in [-0.15, -0.1) is 0 Å². The first kappa shape index (κ1) is 12.2. The maximum Gasteiger partial charge on any atom is 0.287 e. The number of carbonyl (C=O) groups excluding carboxylic acids is 1. The van der Waals surface area contributed by atoms with Crippen LogP contribution in [0.1, 0.15) is 10.6 Å². The van der Waals surface area contributed by atoms with Crippen LogP contribution in [0.25, 0.3) is 0 Å². The molecule has 15 heavy (non-hydrogen) atoms. The van der Waals surface area contributed by atoms with Crippen LogP contribution < -0.4 is 10.5 Å². The zero-order valence-corrected chi connectivity index (χ0v) is 9.97. The molecule has 1 aromatic rings. The highest BCUT2D eigenvalue weighted by molar-refractivity contribution is 9.10. The lowest BCUT2D eigenvalue weighted by atomic mass is 10.4. The third-order valence-electron chi connectivity index (χ3n) is 1.47. The molecular weight excluding hydrogens is 288 g/mol. The SMILES string of the molecule is NS(=O)(=O)CCNC(=O)c1ccc(Br)o1. The van der Waals surface area contributed by atoms with Gasteiger partial charge in [-0.2, -0.15) is 0 Å². The van der Waals surface area contributed by atoms with Gasteiger partial charge in [-0.25, -0.2) is 13.6 Å². The molecule has 0 aliphatic carbocycles. The standard InChI is InChI=1S/C7H9BrN2O4S/c8-6-2-1-5(14-6)7(11)10-3-4-15(9,12)13/h1-2H,3-4H2,(H,10,11)(H2,9,12,13). The van der Waals surface area contributed by atoms with Gasteiger partial charge in [0.1, 0.15) is 0 Å². The summed E-state index contributed by atoms with van der Waals surface area (Å²) in [5.74, 6) is -0.679. The van der Waals surface area contributed by atoms with E-state index in [0.717, 1.165) is 0 Å². The number of hydrogen-bond acceptors (Lipinski definition) is 4. The van der Waals surface area contributed by atoms with Crippen LogP contribution in [0.3, 0.4) is 0 Å². The van der Waals surface area contributed by atoms with Gasteiger partial charge < -0.3 is 9.73 Å². The number of sulfonamides is 1. The number of amides is 1. The Hall–Kier alpha value is -0.860. The van der Waals surface area contributed by atoms with Crippen LogP contribution in [0, 0.1) is 0 Å². The summed E-state index contributed by atoms with van der Waals surface area (Å²) >= 11 is 3.04. The fourth-order valence-electron chi connectivity index (χ4n) is 0.830. The molecule has 0 saturated carbocycles. The van der Waals surface area contributed by atoms with E-state index < -0.39 is 15.9 Å². The zero-order valence-electron chi connectivity index (χ0n) is 7.57. The molecule has 1 amide bonds. The Labute approximate surface area is 95.0 Å². The topological polar surface area (TPSA) is 102 Å². The molecule has 1 heterocycles.